The molecule has 5 heteroatoms. The average Bonchev–Trinajstić information content (AvgIpc) is 2.35. The largest absolute Gasteiger partial charge is 0.481 e. The summed E-state index contributed by atoms with van der Waals surface area (Å²) in [7, 11) is 1.85. The molecule has 3 rings (SSSR count). The second kappa shape index (κ2) is 5.52. The van der Waals surface area contributed by atoms with Gasteiger partial charge in [0.1, 0.15) is 0 Å². The van der Waals surface area contributed by atoms with Gasteiger partial charge in [-0.2, -0.15) is 0 Å². The second-order valence-electron chi connectivity index (χ2n) is 7.40. The van der Waals surface area contributed by atoms with E-state index in [0.717, 1.165) is 32.3 Å². The Morgan fingerprint density at radius 3 is 2.27 bits per heavy atom. The third-order valence-corrected chi connectivity index (χ3v) is 6.51. The van der Waals surface area contributed by atoms with Gasteiger partial charge in [0.15, 0.2) is 0 Å². The molecule has 0 aliphatic heterocycles. The zero-order chi connectivity index (χ0) is 16.0. The predicted octanol–water partition coefficient (Wildman–Crippen LogP) is 2.44. The summed E-state index contributed by atoms with van der Waals surface area (Å²) in [6, 6.07) is 0.233. The highest BCUT2D eigenvalue weighted by molar-refractivity contribution is 5.85. The summed E-state index contributed by atoms with van der Waals surface area (Å²) >= 11 is 0. The molecule has 1 amide bonds. The van der Waals surface area contributed by atoms with E-state index in [1.165, 1.54) is 6.42 Å². The fraction of sp³-hybridized carbons (Fsp3) is 0.882. The zero-order valence-electron chi connectivity index (χ0n) is 13.6. The monoisotopic (exact) mass is 309 g/mol. The lowest BCUT2D eigenvalue weighted by Crippen LogP contribution is -2.68. The van der Waals surface area contributed by atoms with Crippen LogP contribution in [0.3, 0.4) is 0 Å². The first-order valence-corrected chi connectivity index (χ1v) is 8.56. The Labute approximate surface area is 132 Å². The van der Waals surface area contributed by atoms with Crippen LogP contribution in [0, 0.1) is 10.8 Å². The quantitative estimate of drug-likeness (QED) is 0.818. The first-order chi connectivity index (χ1) is 10.4. The van der Waals surface area contributed by atoms with Crippen LogP contribution in [0.5, 0.6) is 0 Å². The molecule has 0 bridgehead atoms. The maximum absolute atomic E-state index is 12.6. The number of carboxylic acid groups (broad SMARTS) is 1. The van der Waals surface area contributed by atoms with Gasteiger partial charge in [0.05, 0.1) is 11.5 Å². The summed E-state index contributed by atoms with van der Waals surface area (Å²) in [5.74, 6) is -0.812. The average molecular weight is 309 g/mol. The molecule has 0 heterocycles. The van der Waals surface area contributed by atoms with Crippen molar-refractivity contribution in [2.75, 3.05) is 13.7 Å². The highest BCUT2D eigenvalue weighted by Gasteiger charge is 2.61. The predicted molar refractivity (Wildman–Crippen MR) is 81.4 cm³/mol. The van der Waals surface area contributed by atoms with Gasteiger partial charge < -0.3 is 14.7 Å². The van der Waals surface area contributed by atoms with Gasteiger partial charge in [-0.3, -0.25) is 9.59 Å². The summed E-state index contributed by atoms with van der Waals surface area (Å²) in [6.45, 7) is 2.74. The number of hydrogen-bond donors (Lipinski definition) is 1. The topological polar surface area (TPSA) is 66.8 Å². The third kappa shape index (κ3) is 2.16. The van der Waals surface area contributed by atoms with E-state index in [1.54, 1.807) is 0 Å². The summed E-state index contributed by atoms with van der Waals surface area (Å²) in [6.07, 6.45) is 7.00. The number of carbonyl (C=O) groups excluding carboxylic acids is 1. The molecular formula is C17H27NO4. The van der Waals surface area contributed by atoms with E-state index < -0.39 is 11.4 Å². The molecule has 5 nitrogen and oxygen atoms in total. The Hall–Kier alpha value is -1.10. The molecule has 3 saturated carbocycles. The Morgan fingerprint density at radius 1 is 1.23 bits per heavy atom. The minimum Gasteiger partial charge on any atom is -0.481 e. The Morgan fingerprint density at radius 2 is 1.86 bits per heavy atom. The number of amides is 1. The van der Waals surface area contributed by atoms with Crippen molar-refractivity contribution in [3.05, 3.63) is 0 Å². The van der Waals surface area contributed by atoms with E-state index in [9.17, 15) is 14.7 Å². The van der Waals surface area contributed by atoms with Crippen LogP contribution in [0.1, 0.15) is 58.3 Å². The van der Waals surface area contributed by atoms with Gasteiger partial charge in [-0.25, -0.2) is 0 Å². The zero-order valence-corrected chi connectivity index (χ0v) is 13.6. The molecule has 3 aliphatic rings. The number of carboxylic acids is 1. The van der Waals surface area contributed by atoms with Gasteiger partial charge in [0.2, 0.25) is 5.91 Å². The van der Waals surface area contributed by atoms with Gasteiger partial charge in [-0.1, -0.05) is 12.8 Å². The molecule has 3 fully saturated rings. The fourth-order valence-electron chi connectivity index (χ4n) is 4.60. The molecule has 2 atom stereocenters. The van der Waals surface area contributed by atoms with Crippen molar-refractivity contribution in [2.24, 2.45) is 10.8 Å². The molecule has 0 aromatic carbocycles. The number of aliphatic carboxylic acids is 1. The molecule has 22 heavy (non-hydrogen) atoms. The lowest BCUT2D eigenvalue weighted by atomic mass is 9.50. The smallest absolute Gasteiger partial charge is 0.310 e. The van der Waals surface area contributed by atoms with Gasteiger partial charge in [0.25, 0.3) is 0 Å². The minimum atomic E-state index is -0.806. The first kappa shape index (κ1) is 15.8. The standard InChI is InChI=1S/C17H27NO4/c1-3-22-13-10-12(17(13)8-5-9-17)18(2)14(19)11-16(15(20)21)6-4-7-16/h12-13H,3-11H2,1-2H3,(H,20,21). The van der Waals surface area contributed by atoms with Crippen molar-refractivity contribution in [1.82, 2.24) is 4.90 Å². The molecule has 1 spiro atoms. The van der Waals surface area contributed by atoms with Crippen LogP contribution in [0.15, 0.2) is 0 Å². The van der Waals surface area contributed by atoms with Crippen molar-refractivity contribution in [2.45, 2.75) is 70.4 Å². The van der Waals surface area contributed by atoms with Crippen molar-refractivity contribution in [3.63, 3.8) is 0 Å². The van der Waals surface area contributed by atoms with Crippen LogP contribution in [-0.4, -0.2) is 47.7 Å². The number of rotatable bonds is 6. The van der Waals surface area contributed by atoms with Crippen molar-refractivity contribution >= 4 is 11.9 Å². The van der Waals surface area contributed by atoms with E-state index in [4.69, 9.17) is 4.74 Å². The van der Waals surface area contributed by atoms with E-state index in [2.05, 4.69) is 0 Å². The summed E-state index contributed by atoms with van der Waals surface area (Å²) < 4.78 is 5.84. The summed E-state index contributed by atoms with van der Waals surface area (Å²) in [5, 5.41) is 9.41. The third-order valence-electron chi connectivity index (χ3n) is 6.51. The SMILES string of the molecule is CCOC1CC(N(C)C(=O)CC2(C(=O)O)CCC2)C12CCC2. The molecule has 0 saturated heterocycles. The van der Waals surface area contributed by atoms with E-state index in [0.29, 0.717) is 12.8 Å². The van der Waals surface area contributed by atoms with E-state index in [1.807, 2.05) is 18.9 Å². The minimum absolute atomic E-state index is 0.00618. The first-order valence-electron chi connectivity index (χ1n) is 8.56. The molecule has 1 N–H and O–H groups in total. The molecule has 124 valence electrons. The number of hydrogen-bond acceptors (Lipinski definition) is 3. The Bertz CT molecular complexity index is 467. The molecule has 3 aliphatic carbocycles. The highest BCUT2D eigenvalue weighted by atomic mass is 16.5. The fourth-order valence-corrected chi connectivity index (χ4v) is 4.60. The van der Waals surface area contributed by atoms with Crippen LogP contribution in [0.4, 0.5) is 0 Å². The van der Waals surface area contributed by atoms with Crippen LogP contribution in [0.2, 0.25) is 0 Å². The number of carbonyl (C=O) groups is 2. The maximum Gasteiger partial charge on any atom is 0.310 e. The van der Waals surface area contributed by atoms with Gasteiger partial charge in [-0.15, -0.1) is 0 Å². The Kier molecular flexibility index (Phi) is 3.96. The molecule has 2 unspecified atom stereocenters. The van der Waals surface area contributed by atoms with E-state index in [-0.39, 0.29) is 29.9 Å². The Balaban J connectivity index is 1.63. The van der Waals surface area contributed by atoms with Gasteiger partial charge in [-0.05, 0) is 39.0 Å². The molecular weight excluding hydrogens is 282 g/mol. The van der Waals surface area contributed by atoms with Crippen LogP contribution in [-0.2, 0) is 14.3 Å². The van der Waals surface area contributed by atoms with Crippen molar-refractivity contribution in [3.8, 4) is 0 Å². The van der Waals surface area contributed by atoms with Gasteiger partial charge >= 0.3 is 5.97 Å². The summed E-state index contributed by atoms with van der Waals surface area (Å²) in [4.78, 5) is 25.9. The maximum atomic E-state index is 12.6. The van der Waals surface area contributed by atoms with Crippen LogP contribution in [0.25, 0.3) is 0 Å². The van der Waals surface area contributed by atoms with Crippen LogP contribution < -0.4 is 0 Å². The van der Waals surface area contributed by atoms with E-state index >= 15 is 0 Å². The number of nitrogens with zero attached hydrogens (tertiary/aromatic N) is 1. The lowest BCUT2D eigenvalue weighted by Gasteiger charge is -2.63. The normalized spacial score (nSPS) is 30.8. The van der Waals surface area contributed by atoms with Gasteiger partial charge in [0, 0.05) is 31.5 Å². The van der Waals surface area contributed by atoms with Crippen LogP contribution >= 0.6 is 0 Å². The summed E-state index contributed by atoms with van der Waals surface area (Å²) in [5.41, 5.74) is -0.641. The second-order valence-corrected chi connectivity index (χ2v) is 7.40. The van der Waals surface area contributed by atoms with Crippen molar-refractivity contribution in [1.29, 1.82) is 0 Å². The molecule has 0 aromatic heterocycles. The molecule has 0 aromatic rings. The number of ether oxygens (including phenoxy) is 1. The highest BCUT2D eigenvalue weighted by Crippen LogP contribution is 2.59. The lowest BCUT2D eigenvalue weighted by molar-refractivity contribution is -0.204. The van der Waals surface area contributed by atoms with Crippen molar-refractivity contribution < 1.29 is 19.4 Å². The molecule has 0 radical (unpaired) electrons.